The summed E-state index contributed by atoms with van der Waals surface area (Å²) in [4.78, 5) is 0. The van der Waals surface area contributed by atoms with Gasteiger partial charge in [0.05, 0.1) is 0 Å². The molecule has 0 aliphatic carbocycles. The van der Waals surface area contributed by atoms with Crippen LogP contribution in [0.2, 0.25) is 0 Å². The van der Waals surface area contributed by atoms with E-state index in [9.17, 15) is 4.57 Å². The Morgan fingerprint density at radius 2 is 0.957 bits per heavy atom. The third kappa shape index (κ3) is 3.08. The van der Waals surface area contributed by atoms with Crippen LogP contribution in [0.5, 0.6) is 0 Å². The van der Waals surface area contributed by atoms with Crippen LogP contribution in [0.4, 0.5) is 0 Å². The first-order valence-corrected chi connectivity index (χ1v) is 8.56. The van der Waals surface area contributed by atoms with E-state index in [-0.39, 0.29) is 0 Å². The minimum atomic E-state index is -2.31. The Hall–Kier alpha value is -2.32. The van der Waals surface area contributed by atoms with Gasteiger partial charge in [-0.15, -0.1) is 0 Å². The number of nitrogens with two attached hydrogens (primary N) is 1. The molecule has 0 aliphatic rings. The molecule has 3 rings (SSSR count). The molecule has 3 aromatic rings. The van der Waals surface area contributed by atoms with Gasteiger partial charge in [-0.25, -0.2) is 10.1 Å². The highest BCUT2D eigenvalue weighted by Gasteiger charge is 2.39. The van der Waals surface area contributed by atoms with Gasteiger partial charge in [0, 0.05) is 0 Å². The molecule has 1 atom stereocenters. The standard InChI is InChI=1S/C19H17NO2P/c20-23(21)22-19(16-10-4-1-5-11-16,17-12-6-2-7-13-17)18-14-8-3-9-15-18/h1-15H,(H2,20,21). The van der Waals surface area contributed by atoms with Crippen molar-refractivity contribution in [1.29, 1.82) is 0 Å². The Labute approximate surface area is 136 Å². The largest absolute Gasteiger partial charge is 0.293 e. The smallest absolute Gasteiger partial charge is 0.271 e. The molecule has 0 aromatic heterocycles. The zero-order valence-electron chi connectivity index (χ0n) is 12.5. The lowest BCUT2D eigenvalue weighted by molar-refractivity contribution is 0.168. The molecule has 0 saturated carbocycles. The van der Waals surface area contributed by atoms with E-state index in [2.05, 4.69) is 0 Å². The Morgan fingerprint density at radius 3 is 1.22 bits per heavy atom. The van der Waals surface area contributed by atoms with E-state index in [1.54, 1.807) is 0 Å². The lowest BCUT2D eigenvalue weighted by Gasteiger charge is -2.34. The minimum absolute atomic E-state index is 0.881. The summed E-state index contributed by atoms with van der Waals surface area (Å²) < 4.78 is 17.8. The predicted octanol–water partition coefficient (Wildman–Crippen LogP) is 4.61. The molecule has 23 heavy (non-hydrogen) atoms. The fourth-order valence-electron chi connectivity index (χ4n) is 2.81. The Bertz CT molecular complexity index is 680. The molecule has 0 fully saturated rings. The summed E-state index contributed by atoms with van der Waals surface area (Å²) in [5.41, 5.74) is 7.21. The Kier molecular flexibility index (Phi) is 4.63. The molecular weight excluding hydrogens is 305 g/mol. The van der Waals surface area contributed by atoms with Gasteiger partial charge in [0.2, 0.25) is 0 Å². The van der Waals surface area contributed by atoms with Crippen molar-refractivity contribution in [2.75, 3.05) is 0 Å². The van der Waals surface area contributed by atoms with Crippen molar-refractivity contribution < 1.29 is 9.09 Å². The molecule has 115 valence electrons. The van der Waals surface area contributed by atoms with E-state index < -0.39 is 13.8 Å². The van der Waals surface area contributed by atoms with Crippen molar-refractivity contribution >= 4 is 8.18 Å². The van der Waals surface area contributed by atoms with E-state index in [0.29, 0.717) is 0 Å². The van der Waals surface area contributed by atoms with Crippen LogP contribution >= 0.6 is 8.18 Å². The van der Waals surface area contributed by atoms with E-state index in [4.69, 9.17) is 10.0 Å². The molecule has 0 bridgehead atoms. The molecule has 3 nitrogen and oxygen atoms in total. The monoisotopic (exact) mass is 322 g/mol. The van der Waals surface area contributed by atoms with Crippen LogP contribution in [0.15, 0.2) is 91.0 Å². The van der Waals surface area contributed by atoms with E-state index in [1.165, 1.54) is 0 Å². The molecule has 1 unspecified atom stereocenters. The molecule has 0 amide bonds. The van der Waals surface area contributed by atoms with Crippen LogP contribution in [-0.2, 0) is 14.7 Å². The first-order chi connectivity index (χ1) is 11.2. The minimum Gasteiger partial charge on any atom is -0.271 e. The second-order valence-electron chi connectivity index (χ2n) is 5.16. The van der Waals surface area contributed by atoms with Crippen molar-refractivity contribution in [3.63, 3.8) is 0 Å². The van der Waals surface area contributed by atoms with Gasteiger partial charge in [-0.2, -0.15) is 0 Å². The molecule has 0 spiro atoms. The summed E-state index contributed by atoms with van der Waals surface area (Å²) in [6.45, 7) is 0. The summed E-state index contributed by atoms with van der Waals surface area (Å²) in [6, 6.07) is 29.2. The van der Waals surface area contributed by atoms with Gasteiger partial charge in [0.25, 0.3) is 8.18 Å². The summed E-state index contributed by atoms with van der Waals surface area (Å²) in [5, 5.41) is 0. The molecule has 0 saturated heterocycles. The van der Waals surface area contributed by atoms with Crippen LogP contribution < -0.4 is 5.50 Å². The number of hydrogen-bond acceptors (Lipinski definition) is 2. The summed E-state index contributed by atoms with van der Waals surface area (Å²) in [7, 11) is -2.31. The van der Waals surface area contributed by atoms with E-state index >= 15 is 0 Å². The Morgan fingerprint density at radius 1 is 0.652 bits per heavy atom. The average Bonchev–Trinajstić information content (AvgIpc) is 2.62. The second-order valence-corrected chi connectivity index (χ2v) is 5.91. The summed E-state index contributed by atoms with van der Waals surface area (Å²) in [5.74, 6) is 0. The van der Waals surface area contributed by atoms with Crippen molar-refractivity contribution in [1.82, 2.24) is 0 Å². The zero-order valence-corrected chi connectivity index (χ0v) is 13.4. The van der Waals surface area contributed by atoms with Crippen molar-refractivity contribution in [2.24, 2.45) is 5.50 Å². The van der Waals surface area contributed by atoms with Crippen LogP contribution in [0.3, 0.4) is 0 Å². The van der Waals surface area contributed by atoms with Crippen LogP contribution in [-0.4, -0.2) is 0 Å². The first-order valence-electron chi connectivity index (χ1n) is 7.31. The highest BCUT2D eigenvalue weighted by atomic mass is 31.1. The van der Waals surface area contributed by atoms with Crippen molar-refractivity contribution in [2.45, 2.75) is 5.60 Å². The van der Waals surface area contributed by atoms with Crippen LogP contribution in [0, 0.1) is 0 Å². The quantitative estimate of drug-likeness (QED) is 0.551. The van der Waals surface area contributed by atoms with Crippen LogP contribution in [0.1, 0.15) is 16.7 Å². The van der Waals surface area contributed by atoms with Crippen molar-refractivity contribution in [3.8, 4) is 0 Å². The normalized spacial score (nSPS) is 12.0. The molecule has 3 aromatic carbocycles. The maximum Gasteiger partial charge on any atom is 0.293 e. The predicted molar refractivity (Wildman–Crippen MR) is 92.1 cm³/mol. The van der Waals surface area contributed by atoms with Gasteiger partial charge in [-0.05, 0) is 16.7 Å². The van der Waals surface area contributed by atoms with Gasteiger partial charge < -0.3 is 0 Å². The molecule has 0 heterocycles. The fraction of sp³-hybridized carbons (Fsp3) is 0.0526. The van der Waals surface area contributed by atoms with Gasteiger partial charge in [-0.1, -0.05) is 91.0 Å². The average molecular weight is 322 g/mol. The summed E-state index contributed by atoms with van der Waals surface area (Å²) in [6.07, 6.45) is 0. The lowest BCUT2D eigenvalue weighted by atomic mass is 9.80. The number of hydrogen-bond donors (Lipinski definition) is 1. The first kappa shape index (κ1) is 15.6. The highest BCUT2D eigenvalue weighted by molar-refractivity contribution is 7.36. The third-order valence-corrected chi connectivity index (χ3v) is 4.22. The number of rotatable bonds is 5. The van der Waals surface area contributed by atoms with Crippen LogP contribution in [0.25, 0.3) is 0 Å². The van der Waals surface area contributed by atoms with Gasteiger partial charge in [0.1, 0.15) is 0 Å². The molecular formula is C19H17NO2P. The molecule has 1 radical (unpaired) electrons. The van der Waals surface area contributed by atoms with Gasteiger partial charge in [0.15, 0.2) is 5.60 Å². The van der Waals surface area contributed by atoms with E-state index in [1.807, 2.05) is 91.0 Å². The fourth-order valence-corrected chi connectivity index (χ4v) is 3.40. The molecule has 0 aliphatic heterocycles. The third-order valence-electron chi connectivity index (χ3n) is 3.77. The Balaban J connectivity index is 2.32. The van der Waals surface area contributed by atoms with Gasteiger partial charge >= 0.3 is 0 Å². The van der Waals surface area contributed by atoms with Gasteiger partial charge in [-0.3, -0.25) is 4.52 Å². The summed E-state index contributed by atoms with van der Waals surface area (Å²) >= 11 is 0. The second kappa shape index (κ2) is 6.84. The van der Waals surface area contributed by atoms with Crippen molar-refractivity contribution in [3.05, 3.63) is 108 Å². The highest BCUT2D eigenvalue weighted by Crippen LogP contribution is 2.44. The lowest BCUT2D eigenvalue weighted by Crippen LogP contribution is -2.31. The SMILES string of the molecule is N[P](=O)OC(c1ccccc1)(c1ccccc1)c1ccccc1. The number of benzene rings is 3. The molecule has 2 N–H and O–H groups in total. The van der Waals surface area contributed by atoms with E-state index in [0.717, 1.165) is 16.7 Å². The zero-order chi connectivity index (χ0) is 16.1. The maximum atomic E-state index is 11.9. The maximum absolute atomic E-state index is 11.9. The molecule has 4 heteroatoms. The topological polar surface area (TPSA) is 52.3 Å².